The van der Waals surface area contributed by atoms with Crippen LogP contribution in [-0.2, 0) is 9.59 Å². The molecule has 1 heterocycles. The van der Waals surface area contributed by atoms with Crippen LogP contribution in [0, 0.1) is 0 Å². The van der Waals surface area contributed by atoms with Crippen molar-refractivity contribution >= 4 is 23.2 Å². The Hall–Kier alpha value is -3.35. The number of hydrogen-bond donors (Lipinski definition) is 1. The molecule has 1 aliphatic rings. The van der Waals surface area contributed by atoms with Gasteiger partial charge >= 0.3 is 0 Å². The average Bonchev–Trinajstić information content (AvgIpc) is 2.74. The van der Waals surface area contributed by atoms with Crippen LogP contribution in [0.25, 0.3) is 0 Å². The number of benzene rings is 2. The van der Waals surface area contributed by atoms with Crippen molar-refractivity contribution in [2.24, 2.45) is 5.10 Å². The Morgan fingerprint density at radius 2 is 1.86 bits per heavy atom. The number of anilines is 1. The van der Waals surface area contributed by atoms with E-state index in [1.807, 2.05) is 31.2 Å². The lowest BCUT2D eigenvalue weighted by atomic mass is 10.1. The number of carbonyl (C=O) groups is 2. The Bertz CT molecular complexity index is 896. The van der Waals surface area contributed by atoms with E-state index in [1.165, 1.54) is 5.01 Å². The molecule has 2 amide bonds. The van der Waals surface area contributed by atoms with Crippen LogP contribution in [0.2, 0.25) is 0 Å². The number of carbonyl (C=O) groups excluding carboxylic acids is 2. The second-order valence-electron chi connectivity index (χ2n) is 6.39. The van der Waals surface area contributed by atoms with Crippen molar-refractivity contribution in [2.75, 3.05) is 19.2 Å². The smallest absolute Gasteiger partial charge is 0.267 e. The first-order chi connectivity index (χ1) is 13.5. The fourth-order valence-corrected chi connectivity index (χ4v) is 3.02. The molecule has 28 heavy (non-hydrogen) atoms. The third-order valence-corrected chi connectivity index (χ3v) is 4.55. The number of hydrazone groups is 1. The molecule has 2 aromatic rings. The van der Waals surface area contributed by atoms with Gasteiger partial charge in [-0.15, -0.1) is 0 Å². The molecule has 7 heteroatoms. The highest BCUT2D eigenvalue weighted by atomic mass is 16.5. The molecular weight excluding hydrogens is 358 g/mol. The minimum absolute atomic E-state index is 0.134. The summed E-state index contributed by atoms with van der Waals surface area (Å²) in [7, 11) is 3.16. The van der Waals surface area contributed by atoms with E-state index in [0.29, 0.717) is 29.3 Å². The predicted octanol–water partition coefficient (Wildman–Crippen LogP) is 3.06. The summed E-state index contributed by atoms with van der Waals surface area (Å²) in [6.45, 7) is 1.86. The van der Waals surface area contributed by atoms with E-state index in [1.54, 1.807) is 38.5 Å². The van der Waals surface area contributed by atoms with Crippen LogP contribution < -0.4 is 19.8 Å². The minimum atomic E-state index is -0.331. The van der Waals surface area contributed by atoms with Crippen LogP contribution in [-0.4, -0.2) is 31.7 Å². The average molecular weight is 381 g/mol. The Morgan fingerprint density at radius 1 is 1.11 bits per heavy atom. The number of ether oxygens (including phenoxy) is 2. The zero-order valence-electron chi connectivity index (χ0n) is 16.1. The lowest BCUT2D eigenvalue weighted by molar-refractivity contribution is -0.119. The van der Waals surface area contributed by atoms with Gasteiger partial charge in [-0.05, 0) is 37.3 Å². The third-order valence-electron chi connectivity index (χ3n) is 4.55. The molecular formula is C21H23N3O4. The van der Waals surface area contributed by atoms with E-state index in [-0.39, 0.29) is 24.3 Å². The maximum atomic E-state index is 12.8. The maximum absolute atomic E-state index is 12.8. The summed E-state index contributed by atoms with van der Waals surface area (Å²) in [6, 6.07) is 14.2. The van der Waals surface area contributed by atoms with Crippen molar-refractivity contribution in [2.45, 2.75) is 25.8 Å². The van der Waals surface area contributed by atoms with Crippen molar-refractivity contribution in [1.29, 1.82) is 0 Å². The molecule has 1 N–H and O–H groups in total. The van der Waals surface area contributed by atoms with E-state index in [2.05, 4.69) is 10.4 Å². The Labute approximate surface area is 163 Å². The monoisotopic (exact) mass is 381 g/mol. The van der Waals surface area contributed by atoms with Gasteiger partial charge in [-0.2, -0.15) is 5.10 Å². The predicted molar refractivity (Wildman–Crippen MR) is 107 cm³/mol. The van der Waals surface area contributed by atoms with Gasteiger partial charge in [0.1, 0.15) is 17.2 Å². The van der Waals surface area contributed by atoms with Crippen molar-refractivity contribution in [3.63, 3.8) is 0 Å². The van der Waals surface area contributed by atoms with Crippen molar-refractivity contribution < 1.29 is 19.1 Å². The lowest BCUT2D eigenvalue weighted by Crippen LogP contribution is -2.40. The van der Waals surface area contributed by atoms with Gasteiger partial charge in [-0.3, -0.25) is 9.59 Å². The van der Waals surface area contributed by atoms with E-state index < -0.39 is 0 Å². The molecule has 3 rings (SSSR count). The Balaban J connectivity index is 1.80. The molecule has 0 radical (unpaired) electrons. The number of nitrogens with one attached hydrogen (secondary N) is 1. The fraction of sp³-hybridized carbons (Fsp3) is 0.286. The van der Waals surface area contributed by atoms with Gasteiger partial charge < -0.3 is 14.8 Å². The Kier molecular flexibility index (Phi) is 5.93. The first-order valence-electron chi connectivity index (χ1n) is 9.01. The molecule has 0 spiro atoms. The molecule has 7 nitrogen and oxygen atoms in total. The fourth-order valence-electron chi connectivity index (χ4n) is 3.02. The lowest BCUT2D eigenvalue weighted by Gasteiger charge is -2.24. The van der Waals surface area contributed by atoms with Gasteiger partial charge in [-0.25, -0.2) is 5.01 Å². The molecule has 0 aromatic heterocycles. The number of nitrogens with zero attached hydrogens (tertiary/aromatic N) is 2. The summed E-state index contributed by atoms with van der Waals surface area (Å²) >= 11 is 0. The zero-order valence-corrected chi connectivity index (χ0v) is 16.1. The van der Waals surface area contributed by atoms with Gasteiger partial charge in [0.15, 0.2) is 0 Å². The van der Waals surface area contributed by atoms with Crippen LogP contribution in [0.1, 0.15) is 31.4 Å². The highest BCUT2D eigenvalue weighted by Crippen LogP contribution is 2.29. The molecule has 1 aliphatic heterocycles. The van der Waals surface area contributed by atoms with Crippen LogP contribution in [0.4, 0.5) is 5.69 Å². The molecule has 1 atom stereocenters. The summed E-state index contributed by atoms with van der Waals surface area (Å²) < 4.78 is 10.7. The van der Waals surface area contributed by atoms with Gasteiger partial charge in [-0.1, -0.05) is 18.2 Å². The standard InChI is InChI=1S/C21H23N3O4/c1-14(17-13-16(27-2)9-11-19(17)28-3)22-21(26)18-10-12-20(25)24(23-18)15-7-5-4-6-8-15/h4-9,11,13-14H,10,12H2,1-3H3,(H,22,26). The molecule has 2 aromatic carbocycles. The van der Waals surface area contributed by atoms with Crippen LogP contribution in [0.5, 0.6) is 11.5 Å². The number of methoxy groups -OCH3 is 2. The number of amides is 2. The summed E-state index contributed by atoms with van der Waals surface area (Å²) in [5, 5.41) is 8.51. The van der Waals surface area contributed by atoms with Gasteiger partial charge in [0.2, 0.25) is 5.91 Å². The second kappa shape index (κ2) is 8.56. The first kappa shape index (κ1) is 19.4. The van der Waals surface area contributed by atoms with E-state index in [4.69, 9.17) is 9.47 Å². The topological polar surface area (TPSA) is 80.2 Å². The summed E-state index contributed by atoms with van der Waals surface area (Å²) in [6.07, 6.45) is 0.536. The normalized spacial score (nSPS) is 14.9. The summed E-state index contributed by atoms with van der Waals surface area (Å²) in [5.74, 6) is 0.879. The highest BCUT2D eigenvalue weighted by Gasteiger charge is 2.26. The minimum Gasteiger partial charge on any atom is -0.497 e. The van der Waals surface area contributed by atoms with Gasteiger partial charge in [0.05, 0.1) is 25.9 Å². The van der Waals surface area contributed by atoms with Crippen LogP contribution in [0.3, 0.4) is 0 Å². The zero-order chi connectivity index (χ0) is 20.1. The largest absolute Gasteiger partial charge is 0.497 e. The van der Waals surface area contributed by atoms with Gasteiger partial charge in [0.25, 0.3) is 5.91 Å². The van der Waals surface area contributed by atoms with Crippen molar-refractivity contribution in [3.8, 4) is 11.5 Å². The number of para-hydroxylation sites is 1. The molecule has 1 unspecified atom stereocenters. The van der Waals surface area contributed by atoms with Crippen molar-refractivity contribution in [3.05, 3.63) is 54.1 Å². The summed E-state index contributed by atoms with van der Waals surface area (Å²) in [5.41, 5.74) is 1.75. The van der Waals surface area contributed by atoms with E-state index >= 15 is 0 Å². The van der Waals surface area contributed by atoms with Crippen molar-refractivity contribution in [1.82, 2.24) is 5.32 Å². The summed E-state index contributed by atoms with van der Waals surface area (Å²) in [4.78, 5) is 25.0. The molecule has 0 saturated heterocycles. The highest BCUT2D eigenvalue weighted by molar-refractivity contribution is 6.40. The second-order valence-corrected chi connectivity index (χ2v) is 6.39. The number of hydrogen-bond acceptors (Lipinski definition) is 5. The molecule has 0 bridgehead atoms. The number of rotatable bonds is 6. The molecule has 0 fully saturated rings. The molecule has 0 saturated carbocycles. The quantitative estimate of drug-likeness (QED) is 0.834. The maximum Gasteiger partial charge on any atom is 0.267 e. The van der Waals surface area contributed by atoms with Crippen LogP contribution >= 0.6 is 0 Å². The Morgan fingerprint density at radius 3 is 2.54 bits per heavy atom. The van der Waals surface area contributed by atoms with Crippen LogP contribution in [0.15, 0.2) is 53.6 Å². The third kappa shape index (κ3) is 4.14. The first-order valence-corrected chi connectivity index (χ1v) is 9.01. The van der Waals surface area contributed by atoms with E-state index in [0.717, 1.165) is 5.56 Å². The van der Waals surface area contributed by atoms with E-state index in [9.17, 15) is 9.59 Å². The molecule has 0 aliphatic carbocycles. The molecule has 146 valence electrons. The van der Waals surface area contributed by atoms with Gasteiger partial charge in [0, 0.05) is 18.4 Å². The SMILES string of the molecule is COc1ccc(OC)c(C(C)NC(=O)C2=NN(c3ccccc3)C(=O)CC2)c1.